The first-order valence-corrected chi connectivity index (χ1v) is 7.00. The number of H-pyrrole nitrogens is 1. The highest BCUT2D eigenvalue weighted by Gasteiger charge is 2.34. The van der Waals surface area contributed by atoms with E-state index in [1.54, 1.807) is 13.8 Å². The number of benzene rings is 1. The maximum atomic E-state index is 13.1. The topological polar surface area (TPSA) is 45.8 Å². The van der Waals surface area contributed by atoms with Crippen molar-refractivity contribution in [2.24, 2.45) is 0 Å². The fraction of sp³-hybridized carbons (Fsp3) is 0.286. The summed E-state index contributed by atoms with van der Waals surface area (Å²) in [5.41, 5.74) is -0.481. The summed E-state index contributed by atoms with van der Waals surface area (Å²) >= 11 is 3.02. The summed E-state index contributed by atoms with van der Waals surface area (Å²) < 4.78 is 39.7. The van der Waals surface area contributed by atoms with Crippen LogP contribution in [0.3, 0.4) is 0 Å². The second kappa shape index (κ2) is 5.63. The second-order valence-electron chi connectivity index (χ2n) is 4.52. The Balaban J connectivity index is 2.71. The molecule has 2 aromatic rings. The van der Waals surface area contributed by atoms with Crippen molar-refractivity contribution in [2.75, 3.05) is 0 Å². The lowest BCUT2D eigenvalue weighted by molar-refractivity contribution is -0.137. The van der Waals surface area contributed by atoms with Crippen LogP contribution in [0.25, 0.3) is 11.4 Å². The van der Waals surface area contributed by atoms with Crippen LogP contribution >= 0.6 is 15.9 Å². The molecule has 112 valence electrons. The van der Waals surface area contributed by atoms with Gasteiger partial charge in [0.25, 0.3) is 5.56 Å². The summed E-state index contributed by atoms with van der Waals surface area (Å²) in [4.78, 5) is 18.4. The van der Waals surface area contributed by atoms with Crippen LogP contribution in [0.4, 0.5) is 13.2 Å². The van der Waals surface area contributed by atoms with Gasteiger partial charge >= 0.3 is 6.18 Å². The van der Waals surface area contributed by atoms with E-state index < -0.39 is 17.3 Å². The largest absolute Gasteiger partial charge is 0.417 e. The third-order valence-electron chi connectivity index (χ3n) is 3.12. The molecule has 0 atom stereocenters. The second-order valence-corrected chi connectivity index (χ2v) is 5.44. The van der Waals surface area contributed by atoms with Crippen molar-refractivity contribution in [3.05, 3.63) is 49.8 Å². The molecule has 0 spiro atoms. The summed E-state index contributed by atoms with van der Waals surface area (Å²) in [6, 6.07) is 3.74. The van der Waals surface area contributed by atoms with Crippen molar-refractivity contribution in [3.8, 4) is 11.4 Å². The Morgan fingerprint density at radius 1 is 1.33 bits per heavy atom. The Morgan fingerprint density at radius 2 is 2.00 bits per heavy atom. The molecule has 7 heteroatoms. The first-order chi connectivity index (χ1) is 9.74. The average Bonchev–Trinajstić information content (AvgIpc) is 2.37. The maximum Gasteiger partial charge on any atom is 0.417 e. The van der Waals surface area contributed by atoms with E-state index >= 15 is 0 Å². The molecule has 0 unspecified atom stereocenters. The van der Waals surface area contributed by atoms with Gasteiger partial charge in [-0.25, -0.2) is 4.98 Å². The monoisotopic (exact) mass is 360 g/mol. The van der Waals surface area contributed by atoms with Gasteiger partial charge in [0.1, 0.15) is 5.82 Å². The van der Waals surface area contributed by atoms with E-state index in [0.29, 0.717) is 22.2 Å². The van der Waals surface area contributed by atoms with Gasteiger partial charge in [-0.15, -0.1) is 0 Å². The number of alkyl halides is 3. The molecule has 0 saturated heterocycles. The highest BCUT2D eigenvalue weighted by molar-refractivity contribution is 9.10. The van der Waals surface area contributed by atoms with Crippen LogP contribution < -0.4 is 5.56 Å². The quantitative estimate of drug-likeness (QED) is 0.876. The molecule has 2 rings (SSSR count). The third-order valence-corrected chi connectivity index (χ3v) is 3.61. The zero-order valence-electron chi connectivity index (χ0n) is 11.3. The van der Waals surface area contributed by atoms with Crippen molar-refractivity contribution in [3.63, 3.8) is 0 Å². The lowest BCUT2D eigenvalue weighted by Crippen LogP contribution is -2.18. The van der Waals surface area contributed by atoms with Gasteiger partial charge < -0.3 is 4.98 Å². The number of rotatable bonds is 2. The molecule has 0 aliphatic rings. The third kappa shape index (κ3) is 3.18. The molecule has 1 aromatic heterocycles. The average molecular weight is 361 g/mol. The summed E-state index contributed by atoms with van der Waals surface area (Å²) in [6.07, 6.45) is -4.06. The van der Waals surface area contributed by atoms with Crippen LogP contribution in [0, 0.1) is 6.92 Å². The molecule has 1 aromatic carbocycles. The van der Waals surface area contributed by atoms with Crippen LogP contribution in [0.15, 0.2) is 27.5 Å². The molecule has 0 aliphatic carbocycles. The van der Waals surface area contributed by atoms with Crippen molar-refractivity contribution in [1.82, 2.24) is 9.97 Å². The maximum absolute atomic E-state index is 13.1. The van der Waals surface area contributed by atoms with Crippen LogP contribution in [-0.2, 0) is 12.6 Å². The van der Waals surface area contributed by atoms with Gasteiger partial charge in [-0.05, 0) is 31.5 Å². The molecule has 1 heterocycles. The summed E-state index contributed by atoms with van der Waals surface area (Å²) in [6.45, 7) is 3.41. The highest BCUT2D eigenvalue weighted by Crippen LogP contribution is 2.37. The molecule has 0 bridgehead atoms. The van der Waals surface area contributed by atoms with Gasteiger partial charge in [-0.2, -0.15) is 13.2 Å². The Hall–Kier alpha value is -1.63. The molecule has 0 radical (unpaired) electrons. The van der Waals surface area contributed by atoms with Gasteiger partial charge in [0, 0.05) is 21.3 Å². The number of hydrogen-bond donors (Lipinski definition) is 1. The number of hydrogen-bond acceptors (Lipinski definition) is 2. The summed E-state index contributed by atoms with van der Waals surface area (Å²) in [5.74, 6) is -0.0745. The van der Waals surface area contributed by atoms with E-state index in [1.807, 2.05) is 0 Å². The molecule has 3 nitrogen and oxygen atoms in total. The van der Waals surface area contributed by atoms with E-state index in [-0.39, 0.29) is 11.4 Å². The number of nitrogens with one attached hydrogen (secondary N) is 1. The van der Waals surface area contributed by atoms with Gasteiger partial charge in [-0.3, -0.25) is 4.79 Å². The zero-order chi connectivity index (χ0) is 15.8. The van der Waals surface area contributed by atoms with Crippen molar-refractivity contribution >= 4 is 15.9 Å². The number of aromatic amines is 1. The number of aryl methyl sites for hydroxylation is 1. The summed E-state index contributed by atoms with van der Waals surface area (Å²) in [5, 5.41) is 0. The minimum atomic E-state index is -4.53. The molecule has 0 fully saturated rings. The van der Waals surface area contributed by atoms with Crippen molar-refractivity contribution in [2.45, 2.75) is 26.4 Å². The Morgan fingerprint density at radius 3 is 2.52 bits per heavy atom. The van der Waals surface area contributed by atoms with Crippen molar-refractivity contribution < 1.29 is 13.2 Å². The zero-order valence-corrected chi connectivity index (χ0v) is 12.9. The van der Waals surface area contributed by atoms with E-state index in [4.69, 9.17) is 0 Å². The number of nitrogens with zero attached hydrogens (tertiary/aromatic N) is 1. The normalized spacial score (nSPS) is 11.7. The predicted molar refractivity (Wildman–Crippen MR) is 77.1 cm³/mol. The Kier molecular flexibility index (Phi) is 4.22. The molecule has 0 amide bonds. The van der Waals surface area contributed by atoms with Crippen LogP contribution in [0.5, 0.6) is 0 Å². The fourth-order valence-electron chi connectivity index (χ4n) is 2.11. The van der Waals surface area contributed by atoms with E-state index in [9.17, 15) is 18.0 Å². The van der Waals surface area contributed by atoms with Gasteiger partial charge in [0.2, 0.25) is 0 Å². The minimum Gasteiger partial charge on any atom is -0.306 e. The molecular formula is C14H12BrF3N2O. The van der Waals surface area contributed by atoms with Gasteiger partial charge in [0.05, 0.1) is 5.56 Å². The Labute approximate surface area is 127 Å². The first-order valence-electron chi connectivity index (χ1n) is 6.21. The lowest BCUT2D eigenvalue weighted by atomic mass is 10.1. The Bertz CT molecular complexity index is 738. The van der Waals surface area contributed by atoms with Crippen molar-refractivity contribution in [1.29, 1.82) is 0 Å². The molecular weight excluding hydrogens is 349 g/mol. The van der Waals surface area contributed by atoms with Crippen LogP contribution in [0.1, 0.15) is 23.7 Å². The highest BCUT2D eigenvalue weighted by atomic mass is 79.9. The SMILES string of the molecule is CCc1c(C)nc(-c2ccc(Br)cc2C(F)(F)F)[nH]c1=O. The lowest BCUT2D eigenvalue weighted by Gasteiger charge is -2.13. The molecule has 0 saturated carbocycles. The van der Waals surface area contributed by atoms with E-state index in [2.05, 4.69) is 25.9 Å². The standard InChI is InChI=1S/C14H12BrF3N2O/c1-3-9-7(2)19-12(20-13(9)21)10-5-4-8(15)6-11(10)14(16,17)18/h4-6H,3H2,1-2H3,(H,19,20,21). The van der Waals surface area contributed by atoms with Gasteiger partial charge in [-0.1, -0.05) is 22.9 Å². The molecule has 1 N–H and O–H groups in total. The van der Waals surface area contributed by atoms with E-state index in [1.165, 1.54) is 12.1 Å². The van der Waals surface area contributed by atoms with Crippen LogP contribution in [0.2, 0.25) is 0 Å². The summed E-state index contributed by atoms with van der Waals surface area (Å²) in [7, 11) is 0. The van der Waals surface area contributed by atoms with Crippen LogP contribution in [-0.4, -0.2) is 9.97 Å². The number of aromatic nitrogens is 2. The van der Waals surface area contributed by atoms with Gasteiger partial charge in [0.15, 0.2) is 0 Å². The first kappa shape index (κ1) is 15.8. The smallest absolute Gasteiger partial charge is 0.306 e. The predicted octanol–water partition coefficient (Wildman–Crippen LogP) is 4.09. The van der Waals surface area contributed by atoms with E-state index in [0.717, 1.165) is 6.07 Å². The molecule has 0 aliphatic heterocycles. The number of halogens is 4. The fourth-order valence-corrected chi connectivity index (χ4v) is 2.47. The minimum absolute atomic E-state index is 0.0745. The molecule has 21 heavy (non-hydrogen) atoms.